The number of fused-ring (bicyclic) bond motifs is 2. The van der Waals surface area contributed by atoms with Gasteiger partial charge in [-0.1, -0.05) is 6.92 Å². The highest BCUT2D eigenvalue weighted by atomic mass is 32.1. The molecule has 52 heavy (non-hydrogen) atoms. The van der Waals surface area contributed by atoms with Gasteiger partial charge in [0.1, 0.15) is 16.3 Å². The molecule has 3 heterocycles. The number of pyridine rings is 1. The van der Waals surface area contributed by atoms with E-state index in [0.717, 1.165) is 17.3 Å². The fourth-order valence-electron chi connectivity index (χ4n) is 5.45. The van der Waals surface area contributed by atoms with E-state index in [1.54, 1.807) is 19.9 Å². The van der Waals surface area contributed by atoms with Gasteiger partial charge in [-0.3, -0.25) is 4.79 Å². The van der Waals surface area contributed by atoms with Gasteiger partial charge in [-0.05, 0) is 76.8 Å². The number of aromatic nitrogens is 4. The van der Waals surface area contributed by atoms with E-state index in [9.17, 15) is 24.6 Å². The largest absolute Gasteiger partial charge is 0.490 e. The Morgan fingerprint density at radius 2 is 1.79 bits per heavy atom. The average Bonchev–Trinajstić information content (AvgIpc) is 3.47. The van der Waals surface area contributed by atoms with Crippen LogP contribution in [0.1, 0.15) is 57.1 Å². The number of imide groups is 1. The number of hydrogen-bond acceptors (Lipinski definition) is 12. The van der Waals surface area contributed by atoms with Crippen LogP contribution in [-0.4, -0.2) is 79.7 Å². The molecule has 0 saturated heterocycles. The molecule has 2 aromatic carbocycles. The van der Waals surface area contributed by atoms with Crippen molar-refractivity contribution in [3.8, 4) is 22.2 Å². The molecule has 0 spiro atoms. The van der Waals surface area contributed by atoms with E-state index in [4.69, 9.17) is 14.2 Å². The summed E-state index contributed by atoms with van der Waals surface area (Å²) in [4.78, 5) is 55.5. The van der Waals surface area contributed by atoms with Crippen molar-refractivity contribution in [3.05, 3.63) is 65.9 Å². The van der Waals surface area contributed by atoms with E-state index in [-0.39, 0.29) is 42.6 Å². The Labute approximate surface area is 302 Å². The van der Waals surface area contributed by atoms with E-state index in [1.165, 1.54) is 56.7 Å². The number of hydrogen-bond donors (Lipinski definition) is 3. The van der Waals surface area contributed by atoms with Crippen molar-refractivity contribution in [2.45, 2.75) is 59.2 Å². The van der Waals surface area contributed by atoms with Gasteiger partial charge in [0.15, 0.2) is 11.6 Å². The molecular weight excluding hydrogens is 695 g/mol. The van der Waals surface area contributed by atoms with Crippen LogP contribution in [0.3, 0.4) is 0 Å². The van der Waals surface area contributed by atoms with Crippen molar-refractivity contribution in [2.75, 3.05) is 25.2 Å². The molecule has 5 rings (SSSR count). The van der Waals surface area contributed by atoms with Crippen molar-refractivity contribution in [1.82, 2.24) is 25.3 Å². The molecule has 16 heteroatoms. The van der Waals surface area contributed by atoms with Gasteiger partial charge >= 0.3 is 12.2 Å². The van der Waals surface area contributed by atoms with Crippen LogP contribution in [0.4, 0.5) is 19.7 Å². The third-order valence-corrected chi connectivity index (χ3v) is 8.72. The molecule has 0 radical (unpaired) electrons. The van der Waals surface area contributed by atoms with Crippen molar-refractivity contribution >= 4 is 56.4 Å². The smallest absolute Gasteiger partial charge is 0.424 e. The molecule has 0 aliphatic carbocycles. The first-order chi connectivity index (χ1) is 24.4. The Morgan fingerprint density at radius 3 is 2.44 bits per heavy atom. The number of carbonyl (C=O) groups is 3. The van der Waals surface area contributed by atoms with Crippen LogP contribution >= 0.6 is 11.3 Å². The van der Waals surface area contributed by atoms with Crippen LogP contribution in [-0.2, 0) is 4.74 Å². The lowest BCUT2D eigenvalue weighted by Gasteiger charge is -2.30. The highest BCUT2D eigenvalue weighted by Gasteiger charge is 2.33. The van der Waals surface area contributed by atoms with Crippen molar-refractivity contribution in [3.63, 3.8) is 0 Å². The quantitative estimate of drug-likeness (QED) is 0.122. The van der Waals surface area contributed by atoms with Crippen LogP contribution in [0.15, 0.2) is 48.8 Å². The summed E-state index contributed by atoms with van der Waals surface area (Å²) in [6, 6.07) is 9.27. The molecule has 3 aromatic heterocycles. The normalized spacial score (nSPS) is 12.4. The first-order valence-electron chi connectivity index (χ1n) is 16.2. The van der Waals surface area contributed by atoms with E-state index in [0.29, 0.717) is 37.0 Å². The SMILES string of the molecule is COc1cnc2c(-c3nc4cc(F)c(OCC(C)CC(C)(C)OC(=O)N(C(=O)O)c5ccc(C(=O)NCC(C)(C)O)nc5)cc4s3)cc(C)cc2n1. The number of thiazole rings is 1. The number of aryl methyl sites for hydroxylation is 1. The molecule has 274 valence electrons. The maximum atomic E-state index is 15.2. The van der Waals surface area contributed by atoms with Crippen LogP contribution in [0.5, 0.6) is 11.6 Å². The minimum atomic E-state index is -1.61. The Morgan fingerprint density at radius 1 is 1.04 bits per heavy atom. The zero-order chi connectivity index (χ0) is 38.0. The second-order valence-corrected chi connectivity index (χ2v) is 14.7. The fourth-order valence-corrected chi connectivity index (χ4v) is 6.45. The van der Waals surface area contributed by atoms with Crippen LogP contribution in [0.2, 0.25) is 0 Å². The molecule has 3 amide bonds. The van der Waals surface area contributed by atoms with Crippen LogP contribution in [0, 0.1) is 18.7 Å². The summed E-state index contributed by atoms with van der Waals surface area (Å²) in [6.45, 7) is 10.1. The molecule has 5 aromatic rings. The number of anilines is 1. The number of nitrogens with zero attached hydrogens (tertiary/aromatic N) is 5. The second kappa shape index (κ2) is 15.0. The highest BCUT2D eigenvalue weighted by molar-refractivity contribution is 7.21. The summed E-state index contributed by atoms with van der Waals surface area (Å²) in [5.41, 5.74) is 1.00. The summed E-state index contributed by atoms with van der Waals surface area (Å²) in [7, 11) is 1.52. The summed E-state index contributed by atoms with van der Waals surface area (Å²) >= 11 is 1.37. The molecule has 1 atom stereocenters. The van der Waals surface area contributed by atoms with Gasteiger partial charge < -0.3 is 29.7 Å². The molecule has 1 unspecified atom stereocenters. The number of nitrogens with one attached hydrogen (secondary N) is 1. The van der Waals surface area contributed by atoms with Gasteiger partial charge in [0, 0.05) is 24.2 Å². The Balaban J connectivity index is 1.23. The Kier molecular flexibility index (Phi) is 10.9. The fraction of sp³-hybridized carbons (Fsp3) is 0.361. The molecule has 0 aliphatic heterocycles. The molecule has 3 N–H and O–H groups in total. The number of amides is 3. The lowest BCUT2D eigenvalue weighted by atomic mass is 9.95. The maximum Gasteiger partial charge on any atom is 0.424 e. The van der Waals surface area contributed by atoms with Crippen molar-refractivity contribution < 1.29 is 43.2 Å². The maximum absolute atomic E-state index is 15.2. The monoisotopic (exact) mass is 734 g/mol. The zero-order valence-corrected chi connectivity index (χ0v) is 30.5. The molecule has 0 aliphatic rings. The van der Waals surface area contributed by atoms with Gasteiger partial charge in [-0.25, -0.2) is 33.9 Å². The van der Waals surface area contributed by atoms with E-state index in [1.807, 2.05) is 26.0 Å². The number of rotatable bonds is 12. The highest BCUT2D eigenvalue weighted by Crippen LogP contribution is 2.37. The van der Waals surface area contributed by atoms with Gasteiger partial charge in [-0.2, -0.15) is 4.90 Å². The Hall–Kier alpha value is -5.48. The number of aliphatic hydroxyl groups is 1. The minimum absolute atomic E-state index is 0.0297. The van der Waals surface area contributed by atoms with Gasteiger partial charge in [-0.15, -0.1) is 11.3 Å². The number of carbonyl (C=O) groups excluding carboxylic acids is 2. The molecule has 14 nitrogen and oxygen atoms in total. The molecular formula is C36H39FN6O8S. The van der Waals surface area contributed by atoms with Crippen molar-refractivity contribution in [2.24, 2.45) is 5.92 Å². The lowest BCUT2D eigenvalue weighted by molar-refractivity contribution is 0.0216. The van der Waals surface area contributed by atoms with Crippen LogP contribution < -0.4 is 19.7 Å². The minimum Gasteiger partial charge on any atom is -0.490 e. The number of ether oxygens (including phenoxy) is 3. The number of carboxylic acid groups (broad SMARTS) is 1. The molecule has 0 saturated carbocycles. The molecule has 0 fully saturated rings. The zero-order valence-electron chi connectivity index (χ0n) is 29.7. The van der Waals surface area contributed by atoms with Gasteiger partial charge in [0.25, 0.3) is 5.91 Å². The number of halogens is 1. The summed E-state index contributed by atoms with van der Waals surface area (Å²) in [5, 5.41) is 22.8. The lowest BCUT2D eigenvalue weighted by Crippen LogP contribution is -2.42. The van der Waals surface area contributed by atoms with E-state index < -0.39 is 35.1 Å². The van der Waals surface area contributed by atoms with Gasteiger partial charge in [0.2, 0.25) is 5.88 Å². The predicted octanol–water partition coefficient (Wildman–Crippen LogP) is 6.76. The summed E-state index contributed by atoms with van der Waals surface area (Å²) < 4.78 is 32.6. The first-order valence-corrected chi connectivity index (χ1v) is 17.0. The number of methoxy groups -OCH3 is 1. The third-order valence-electron chi connectivity index (χ3n) is 7.67. The Bertz CT molecular complexity index is 2130. The topological polar surface area (TPSA) is 186 Å². The summed E-state index contributed by atoms with van der Waals surface area (Å²) in [5.74, 6) is -1.01. The van der Waals surface area contributed by atoms with E-state index in [2.05, 4.69) is 25.3 Å². The molecule has 0 bridgehead atoms. The third kappa shape index (κ3) is 9.05. The van der Waals surface area contributed by atoms with Crippen LogP contribution in [0.25, 0.3) is 31.8 Å². The predicted molar refractivity (Wildman–Crippen MR) is 193 cm³/mol. The van der Waals surface area contributed by atoms with E-state index >= 15 is 4.39 Å². The summed E-state index contributed by atoms with van der Waals surface area (Å²) in [6.07, 6.45) is 0.0536. The second-order valence-electron chi connectivity index (χ2n) is 13.6. The average molecular weight is 735 g/mol. The standard InChI is InChI=1S/C36H39FN6O8S/c1-19-10-22(30-26(11-19)41-29(49-7)16-39-30)32-42-25-12-23(37)27(13-28(25)52-32)50-17-20(2)14-36(5,6)51-34(47)43(33(45)46)21-8-9-24(38-15-21)31(44)40-18-35(3,4)48/h8-13,15-16,20,48H,14,17-18H2,1-7H3,(H,40,44)(H,45,46). The number of benzene rings is 2. The van der Waals surface area contributed by atoms with Crippen molar-refractivity contribution in [1.29, 1.82) is 0 Å². The first kappa shape index (κ1) is 37.8. The van der Waals surface area contributed by atoms with Gasteiger partial charge in [0.05, 0.1) is 58.6 Å².